The molecule has 1 fully saturated rings. The van der Waals surface area contributed by atoms with Gasteiger partial charge in [0, 0.05) is 19.0 Å². The van der Waals surface area contributed by atoms with Gasteiger partial charge in [0.25, 0.3) is 11.8 Å². The van der Waals surface area contributed by atoms with Gasteiger partial charge in [-0.1, -0.05) is 0 Å². The Morgan fingerprint density at radius 1 is 1.36 bits per heavy atom. The molecule has 9 heteroatoms. The van der Waals surface area contributed by atoms with E-state index in [1.54, 1.807) is 4.90 Å². The molecule has 0 bridgehead atoms. The van der Waals surface area contributed by atoms with Gasteiger partial charge in [0.15, 0.2) is 11.9 Å². The van der Waals surface area contributed by atoms with Crippen molar-refractivity contribution in [2.45, 2.75) is 18.6 Å². The minimum absolute atomic E-state index is 0.0727. The molecule has 8 nitrogen and oxygen atoms in total. The van der Waals surface area contributed by atoms with Crippen LogP contribution in [0.15, 0.2) is 34.8 Å². The zero-order valence-corrected chi connectivity index (χ0v) is 11.4. The lowest BCUT2D eigenvalue weighted by Gasteiger charge is -2.19. The highest BCUT2D eigenvalue weighted by Crippen LogP contribution is 2.17. The van der Waals surface area contributed by atoms with E-state index in [1.807, 2.05) is 0 Å². The van der Waals surface area contributed by atoms with Crippen molar-refractivity contribution < 1.29 is 18.7 Å². The molecule has 2 unspecified atom stereocenters. The molecule has 1 aromatic heterocycles. The molecule has 2 atom stereocenters. The molecule has 3 rings (SSSR count). The topological polar surface area (TPSA) is 97.1 Å². The number of amides is 2. The zero-order chi connectivity index (χ0) is 15.5. The van der Waals surface area contributed by atoms with Gasteiger partial charge >= 0.3 is 6.01 Å². The first-order chi connectivity index (χ1) is 10.6. The minimum Gasteiger partial charge on any atom is -0.458 e. The molecule has 0 N–H and O–H groups in total. The monoisotopic (exact) mass is 305 g/mol. The van der Waals surface area contributed by atoms with Crippen LogP contribution in [0.3, 0.4) is 0 Å². The van der Waals surface area contributed by atoms with Crippen molar-refractivity contribution in [2.24, 2.45) is 10.2 Å². The van der Waals surface area contributed by atoms with Gasteiger partial charge < -0.3 is 9.64 Å². The van der Waals surface area contributed by atoms with Crippen LogP contribution >= 0.6 is 0 Å². The van der Waals surface area contributed by atoms with Crippen LogP contribution < -0.4 is 4.74 Å². The summed E-state index contributed by atoms with van der Waals surface area (Å²) in [6, 6.07) is -0.693. The maximum atomic E-state index is 12.7. The SMILES string of the molecule is O=C1C=CC(C(=O)N2CCC(Oc3ncc(F)cn3)C2)N=N1. The molecule has 0 saturated carbocycles. The first-order valence-corrected chi connectivity index (χ1v) is 6.68. The van der Waals surface area contributed by atoms with E-state index in [9.17, 15) is 14.0 Å². The van der Waals surface area contributed by atoms with E-state index >= 15 is 0 Å². The third kappa shape index (κ3) is 3.13. The van der Waals surface area contributed by atoms with Crippen molar-refractivity contribution in [3.63, 3.8) is 0 Å². The molecule has 22 heavy (non-hydrogen) atoms. The second-order valence-corrected chi connectivity index (χ2v) is 4.85. The molecule has 1 saturated heterocycles. The van der Waals surface area contributed by atoms with Crippen LogP contribution in [-0.4, -0.2) is 51.9 Å². The highest BCUT2D eigenvalue weighted by atomic mass is 19.1. The fourth-order valence-corrected chi connectivity index (χ4v) is 2.22. The molecular formula is C13H12FN5O3. The van der Waals surface area contributed by atoms with Gasteiger partial charge in [-0.15, -0.1) is 5.11 Å². The van der Waals surface area contributed by atoms with Crippen molar-refractivity contribution in [3.8, 4) is 6.01 Å². The third-order valence-corrected chi connectivity index (χ3v) is 3.28. The van der Waals surface area contributed by atoms with Gasteiger partial charge in [-0.2, -0.15) is 5.11 Å². The van der Waals surface area contributed by atoms with Crippen LogP contribution in [0.25, 0.3) is 0 Å². The Hall–Kier alpha value is -2.71. The molecule has 1 aromatic rings. The molecule has 0 aliphatic carbocycles. The van der Waals surface area contributed by atoms with Crippen LogP contribution in [0, 0.1) is 5.82 Å². The van der Waals surface area contributed by atoms with E-state index < -0.39 is 17.8 Å². The lowest BCUT2D eigenvalue weighted by molar-refractivity contribution is -0.130. The molecule has 2 aliphatic rings. The van der Waals surface area contributed by atoms with Crippen LogP contribution in [0.1, 0.15) is 6.42 Å². The summed E-state index contributed by atoms with van der Waals surface area (Å²) < 4.78 is 18.2. The van der Waals surface area contributed by atoms with E-state index in [-0.39, 0.29) is 18.0 Å². The lowest BCUT2D eigenvalue weighted by atomic mass is 10.2. The summed E-state index contributed by atoms with van der Waals surface area (Å²) >= 11 is 0. The van der Waals surface area contributed by atoms with Gasteiger partial charge in [-0.3, -0.25) is 9.59 Å². The van der Waals surface area contributed by atoms with E-state index in [2.05, 4.69) is 20.2 Å². The largest absolute Gasteiger partial charge is 0.458 e. The first kappa shape index (κ1) is 14.2. The van der Waals surface area contributed by atoms with E-state index in [0.717, 1.165) is 12.4 Å². The fourth-order valence-electron chi connectivity index (χ4n) is 2.22. The van der Waals surface area contributed by atoms with Crippen LogP contribution in [0.4, 0.5) is 4.39 Å². The second-order valence-electron chi connectivity index (χ2n) is 4.85. The van der Waals surface area contributed by atoms with E-state index in [0.29, 0.717) is 19.5 Å². The number of hydrogen-bond acceptors (Lipinski definition) is 6. The Balaban J connectivity index is 1.57. The third-order valence-electron chi connectivity index (χ3n) is 3.28. The molecule has 0 spiro atoms. The predicted molar refractivity (Wildman–Crippen MR) is 70.4 cm³/mol. The minimum atomic E-state index is -0.765. The summed E-state index contributed by atoms with van der Waals surface area (Å²) in [4.78, 5) is 32.1. The van der Waals surface area contributed by atoms with E-state index in [4.69, 9.17) is 4.74 Å². The number of hydrogen-bond donors (Lipinski definition) is 0. The Labute approximate surface area is 124 Å². The number of aromatic nitrogens is 2. The number of rotatable bonds is 3. The molecule has 0 aromatic carbocycles. The Kier molecular flexibility index (Phi) is 3.86. The molecule has 2 aliphatic heterocycles. The van der Waals surface area contributed by atoms with Crippen LogP contribution in [0.2, 0.25) is 0 Å². The average molecular weight is 305 g/mol. The lowest BCUT2D eigenvalue weighted by Crippen LogP contribution is -2.37. The van der Waals surface area contributed by atoms with Crippen molar-refractivity contribution in [1.82, 2.24) is 14.9 Å². The first-order valence-electron chi connectivity index (χ1n) is 6.68. The maximum absolute atomic E-state index is 12.7. The number of ether oxygens (including phenoxy) is 1. The van der Waals surface area contributed by atoms with Crippen molar-refractivity contribution in [3.05, 3.63) is 30.4 Å². The summed E-state index contributed by atoms with van der Waals surface area (Å²) in [5.74, 6) is -1.25. The molecule has 2 amide bonds. The fraction of sp³-hybridized carbons (Fsp3) is 0.385. The van der Waals surface area contributed by atoms with Crippen molar-refractivity contribution in [2.75, 3.05) is 13.1 Å². The maximum Gasteiger partial charge on any atom is 0.316 e. The Morgan fingerprint density at radius 2 is 2.14 bits per heavy atom. The highest BCUT2D eigenvalue weighted by Gasteiger charge is 2.32. The zero-order valence-electron chi connectivity index (χ0n) is 11.4. The summed E-state index contributed by atoms with van der Waals surface area (Å²) in [6.07, 6.45) is 5.04. The number of halogens is 1. The highest BCUT2D eigenvalue weighted by molar-refractivity contribution is 5.92. The number of likely N-dealkylation sites (tertiary alicyclic amines) is 1. The Morgan fingerprint density at radius 3 is 2.82 bits per heavy atom. The summed E-state index contributed by atoms with van der Waals surface area (Å²) in [5, 5.41) is 7.03. The summed E-state index contributed by atoms with van der Waals surface area (Å²) in [7, 11) is 0. The standard InChI is InChI=1S/C13H12FN5O3/c14-8-5-15-13(16-6-8)22-9-3-4-19(7-9)12(21)10-1-2-11(20)18-17-10/h1-2,5-6,9-10H,3-4,7H2. The van der Waals surface area contributed by atoms with Gasteiger partial charge in [0.2, 0.25) is 0 Å². The van der Waals surface area contributed by atoms with Crippen LogP contribution in [0.5, 0.6) is 6.01 Å². The summed E-state index contributed by atoms with van der Waals surface area (Å²) in [6.45, 7) is 0.853. The Bertz CT molecular complexity index is 630. The van der Waals surface area contributed by atoms with Crippen molar-refractivity contribution in [1.29, 1.82) is 0 Å². The summed E-state index contributed by atoms with van der Waals surface area (Å²) in [5.41, 5.74) is 0. The molecular weight excluding hydrogens is 293 g/mol. The van der Waals surface area contributed by atoms with Crippen molar-refractivity contribution >= 4 is 11.8 Å². The molecule has 114 valence electrons. The van der Waals surface area contributed by atoms with Gasteiger partial charge in [-0.05, 0) is 6.08 Å². The normalized spacial score (nSPS) is 23.9. The second kappa shape index (κ2) is 5.96. The average Bonchev–Trinajstić information content (AvgIpc) is 2.98. The number of carbonyl (C=O) groups is 2. The van der Waals surface area contributed by atoms with Crippen LogP contribution in [-0.2, 0) is 9.59 Å². The molecule has 3 heterocycles. The molecule has 0 radical (unpaired) electrons. The number of azo groups is 1. The number of nitrogens with zero attached hydrogens (tertiary/aromatic N) is 5. The predicted octanol–water partition coefficient (Wildman–Crippen LogP) is 0.513. The van der Waals surface area contributed by atoms with E-state index in [1.165, 1.54) is 12.2 Å². The van der Waals surface area contributed by atoms with Gasteiger partial charge in [0.1, 0.15) is 6.10 Å². The van der Waals surface area contributed by atoms with Gasteiger partial charge in [-0.25, -0.2) is 14.4 Å². The number of carbonyl (C=O) groups excluding carboxylic acids is 2. The quantitative estimate of drug-likeness (QED) is 0.810. The smallest absolute Gasteiger partial charge is 0.316 e. The van der Waals surface area contributed by atoms with Gasteiger partial charge in [0.05, 0.1) is 18.9 Å².